The van der Waals surface area contributed by atoms with Gasteiger partial charge in [-0.25, -0.2) is 4.98 Å². The van der Waals surface area contributed by atoms with E-state index in [0.29, 0.717) is 0 Å². The average molecular weight is 425 g/mol. The summed E-state index contributed by atoms with van der Waals surface area (Å²) in [6.07, 6.45) is 1.85. The second-order valence-electron chi connectivity index (χ2n) is 8.38. The van der Waals surface area contributed by atoms with Gasteiger partial charge in [-0.15, -0.1) is 0 Å². The van der Waals surface area contributed by atoms with Gasteiger partial charge in [0, 0.05) is 28.8 Å². The number of hydrogen-bond acceptors (Lipinski definition) is 2. The van der Waals surface area contributed by atoms with Crippen LogP contribution in [0.2, 0.25) is 0 Å². The Hall–Kier alpha value is -4.37. The molecule has 1 aliphatic carbocycles. The standard InChI is InChI=1S/C30H20N2O/c1-33-20-15-16-24-26(18-20)32(27-14-4-5-17-31-27)30-23-11-3-2-10-21(23)22-12-6-8-19-9-7-13-25(28(19)22)29(24)30/h2-18H,1H3. The van der Waals surface area contributed by atoms with Crippen LogP contribution in [0.3, 0.4) is 0 Å². The summed E-state index contributed by atoms with van der Waals surface area (Å²) in [6, 6.07) is 34.4. The Morgan fingerprint density at radius 2 is 1.45 bits per heavy atom. The largest absolute Gasteiger partial charge is 0.497 e. The van der Waals surface area contributed by atoms with E-state index in [9.17, 15) is 0 Å². The molecule has 0 saturated heterocycles. The predicted molar refractivity (Wildman–Crippen MR) is 135 cm³/mol. The molecule has 3 nitrogen and oxygen atoms in total. The summed E-state index contributed by atoms with van der Waals surface area (Å²) in [4.78, 5) is 4.76. The van der Waals surface area contributed by atoms with Crippen molar-refractivity contribution in [2.24, 2.45) is 0 Å². The molecule has 0 N–H and O–H groups in total. The minimum atomic E-state index is 0.833. The van der Waals surface area contributed by atoms with Crippen molar-refractivity contribution in [3.05, 3.63) is 103 Å². The summed E-state index contributed by atoms with van der Waals surface area (Å²) in [5.41, 5.74) is 8.45. The molecular weight excluding hydrogens is 404 g/mol. The molecule has 2 aromatic heterocycles. The monoisotopic (exact) mass is 424 g/mol. The second kappa shape index (κ2) is 6.81. The van der Waals surface area contributed by atoms with Crippen LogP contribution in [0.1, 0.15) is 0 Å². The highest BCUT2D eigenvalue weighted by Crippen LogP contribution is 2.51. The molecule has 0 bridgehead atoms. The molecule has 0 spiro atoms. The van der Waals surface area contributed by atoms with E-state index in [1.807, 2.05) is 24.4 Å². The van der Waals surface area contributed by atoms with Crippen molar-refractivity contribution in [1.82, 2.24) is 9.55 Å². The molecule has 7 rings (SSSR count). The Kier molecular flexibility index (Phi) is 3.76. The summed E-state index contributed by atoms with van der Waals surface area (Å²) in [5, 5.41) is 3.73. The molecule has 33 heavy (non-hydrogen) atoms. The fraction of sp³-hybridized carbons (Fsp3) is 0.0333. The number of fused-ring (bicyclic) bond motifs is 7. The zero-order valence-corrected chi connectivity index (χ0v) is 18.1. The van der Waals surface area contributed by atoms with Gasteiger partial charge < -0.3 is 4.74 Å². The number of rotatable bonds is 2. The van der Waals surface area contributed by atoms with Crippen molar-refractivity contribution >= 4 is 21.7 Å². The molecule has 0 atom stereocenters. The lowest BCUT2D eigenvalue weighted by molar-refractivity contribution is 0.415. The van der Waals surface area contributed by atoms with Gasteiger partial charge in [0.05, 0.1) is 18.3 Å². The fourth-order valence-corrected chi connectivity index (χ4v) is 5.34. The van der Waals surface area contributed by atoms with Crippen molar-refractivity contribution in [1.29, 1.82) is 0 Å². The van der Waals surface area contributed by atoms with Gasteiger partial charge in [0.25, 0.3) is 0 Å². The molecule has 4 aromatic carbocycles. The van der Waals surface area contributed by atoms with Crippen LogP contribution in [0, 0.1) is 0 Å². The van der Waals surface area contributed by atoms with E-state index in [4.69, 9.17) is 9.72 Å². The third-order valence-electron chi connectivity index (χ3n) is 6.70. The van der Waals surface area contributed by atoms with Crippen molar-refractivity contribution in [3.63, 3.8) is 0 Å². The van der Waals surface area contributed by atoms with E-state index in [2.05, 4.69) is 83.4 Å². The van der Waals surface area contributed by atoms with Gasteiger partial charge >= 0.3 is 0 Å². The lowest BCUT2D eigenvalue weighted by atomic mass is 9.93. The smallest absolute Gasteiger partial charge is 0.137 e. The van der Waals surface area contributed by atoms with Crippen molar-refractivity contribution in [2.75, 3.05) is 7.11 Å². The molecule has 0 fully saturated rings. The SMILES string of the molecule is COc1ccc2c3c(n(-c4ccccn4)c2c1)-c1ccccc1-c1cccc2cccc-3c12. The summed E-state index contributed by atoms with van der Waals surface area (Å²) >= 11 is 0. The lowest BCUT2D eigenvalue weighted by Crippen LogP contribution is -2.00. The Balaban J connectivity index is 1.78. The number of aromatic nitrogens is 2. The molecular formula is C30H20N2O. The highest BCUT2D eigenvalue weighted by atomic mass is 16.5. The first kappa shape index (κ1) is 18.2. The summed E-state index contributed by atoms with van der Waals surface area (Å²) in [5.74, 6) is 1.73. The van der Waals surface area contributed by atoms with E-state index in [0.717, 1.165) is 22.8 Å². The van der Waals surface area contributed by atoms with E-state index in [1.165, 1.54) is 44.0 Å². The van der Waals surface area contributed by atoms with Gasteiger partial charge in [0.15, 0.2) is 0 Å². The highest BCUT2D eigenvalue weighted by Gasteiger charge is 2.28. The van der Waals surface area contributed by atoms with Crippen LogP contribution in [0.15, 0.2) is 103 Å². The molecule has 0 amide bonds. The minimum Gasteiger partial charge on any atom is -0.497 e. The van der Waals surface area contributed by atoms with Crippen LogP contribution in [0.4, 0.5) is 0 Å². The summed E-state index contributed by atoms with van der Waals surface area (Å²) in [6.45, 7) is 0. The number of methoxy groups -OCH3 is 1. The second-order valence-corrected chi connectivity index (χ2v) is 8.38. The Labute approximate surface area is 191 Å². The first-order valence-corrected chi connectivity index (χ1v) is 11.1. The van der Waals surface area contributed by atoms with Gasteiger partial charge in [-0.1, -0.05) is 66.7 Å². The van der Waals surface area contributed by atoms with Crippen LogP contribution in [-0.2, 0) is 0 Å². The van der Waals surface area contributed by atoms with Gasteiger partial charge in [0.1, 0.15) is 11.6 Å². The first-order valence-electron chi connectivity index (χ1n) is 11.1. The number of nitrogens with zero attached hydrogens (tertiary/aromatic N) is 2. The molecule has 0 unspecified atom stereocenters. The molecule has 156 valence electrons. The fourth-order valence-electron chi connectivity index (χ4n) is 5.34. The molecule has 1 aliphatic rings. The first-order chi connectivity index (χ1) is 16.3. The topological polar surface area (TPSA) is 27.1 Å². The van der Waals surface area contributed by atoms with Crippen LogP contribution in [0.5, 0.6) is 5.75 Å². The van der Waals surface area contributed by atoms with E-state index >= 15 is 0 Å². The third kappa shape index (κ3) is 2.48. The van der Waals surface area contributed by atoms with Gasteiger partial charge in [-0.3, -0.25) is 4.57 Å². The average Bonchev–Trinajstić information content (AvgIpc) is 3.16. The van der Waals surface area contributed by atoms with Gasteiger partial charge in [-0.05, 0) is 51.7 Å². The molecule has 2 heterocycles. The maximum atomic E-state index is 5.62. The maximum absolute atomic E-state index is 5.62. The Morgan fingerprint density at radius 1 is 0.697 bits per heavy atom. The number of ether oxygens (including phenoxy) is 1. The van der Waals surface area contributed by atoms with E-state index in [-0.39, 0.29) is 0 Å². The van der Waals surface area contributed by atoms with Crippen molar-refractivity contribution in [3.8, 4) is 45.1 Å². The van der Waals surface area contributed by atoms with Gasteiger partial charge in [0.2, 0.25) is 0 Å². The molecule has 0 aliphatic heterocycles. The molecule has 0 saturated carbocycles. The minimum absolute atomic E-state index is 0.833. The van der Waals surface area contributed by atoms with Crippen LogP contribution in [-0.4, -0.2) is 16.7 Å². The molecule has 6 aromatic rings. The Morgan fingerprint density at radius 3 is 2.24 bits per heavy atom. The summed E-state index contributed by atoms with van der Waals surface area (Å²) in [7, 11) is 1.71. The van der Waals surface area contributed by atoms with Gasteiger partial charge in [-0.2, -0.15) is 0 Å². The zero-order chi connectivity index (χ0) is 21.9. The third-order valence-corrected chi connectivity index (χ3v) is 6.70. The quantitative estimate of drug-likeness (QED) is 0.287. The number of benzene rings is 4. The zero-order valence-electron chi connectivity index (χ0n) is 18.1. The summed E-state index contributed by atoms with van der Waals surface area (Å²) < 4.78 is 7.91. The lowest BCUT2D eigenvalue weighted by Gasteiger charge is -2.14. The molecule has 0 radical (unpaired) electrons. The van der Waals surface area contributed by atoms with Crippen LogP contribution < -0.4 is 4.74 Å². The van der Waals surface area contributed by atoms with E-state index < -0.39 is 0 Å². The van der Waals surface area contributed by atoms with Crippen molar-refractivity contribution < 1.29 is 4.74 Å². The van der Waals surface area contributed by atoms with E-state index in [1.54, 1.807) is 7.11 Å². The normalized spacial score (nSPS) is 11.8. The molecule has 3 heteroatoms. The highest BCUT2D eigenvalue weighted by molar-refractivity contribution is 6.19. The Bertz CT molecular complexity index is 1690. The number of hydrogen-bond donors (Lipinski definition) is 0. The number of pyridine rings is 1. The maximum Gasteiger partial charge on any atom is 0.137 e. The van der Waals surface area contributed by atoms with Crippen molar-refractivity contribution in [2.45, 2.75) is 0 Å². The van der Waals surface area contributed by atoms with Crippen LogP contribution >= 0.6 is 0 Å². The van der Waals surface area contributed by atoms with Crippen LogP contribution in [0.25, 0.3) is 61.0 Å². The predicted octanol–water partition coefficient (Wildman–Crippen LogP) is 7.50.